The lowest BCUT2D eigenvalue weighted by molar-refractivity contribution is 0.0731. The molecule has 2 aliphatic rings. The van der Waals surface area contributed by atoms with Crippen molar-refractivity contribution >= 4 is 11.6 Å². The van der Waals surface area contributed by atoms with Gasteiger partial charge in [0.25, 0.3) is 5.91 Å². The van der Waals surface area contributed by atoms with E-state index in [1.54, 1.807) is 0 Å². The lowest BCUT2D eigenvalue weighted by Gasteiger charge is -2.32. The van der Waals surface area contributed by atoms with Crippen LogP contribution in [0.25, 0.3) is 11.3 Å². The van der Waals surface area contributed by atoms with Crippen LogP contribution >= 0.6 is 0 Å². The maximum Gasteiger partial charge on any atom is 0.254 e. The van der Waals surface area contributed by atoms with E-state index in [2.05, 4.69) is 42.2 Å². The van der Waals surface area contributed by atoms with Crippen LogP contribution in [-0.4, -0.2) is 53.4 Å². The van der Waals surface area contributed by atoms with Crippen molar-refractivity contribution in [1.29, 1.82) is 0 Å². The summed E-state index contributed by atoms with van der Waals surface area (Å²) in [5.74, 6) is 0.0881. The van der Waals surface area contributed by atoms with Gasteiger partial charge < -0.3 is 14.5 Å². The molecule has 0 bridgehead atoms. The third-order valence-electron chi connectivity index (χ3n) is 6.42. The van der Waals surface area contributed by atoms with Crippen molar-refractivity contribution in [1.82, 2.24) is 14.7 Å². The first kappa shape index (κ1) is 19.8. The van der Waals surface area contributed by atoms with Gasteiger partial charge in [0.05, 0.1) is 31.1 Å². The normalized spacial score (nSPS) is 16.3. The van der Waals surface area contributed by atoms with E-state index in [9.17, 15) is 4.79 Å². The Labute approximate surface area is 183 Å². The average molecular weight is 417 g/mol. The number of carbonyl (C=O) groups is 1. The summed E-state index contributed by atoms with van der Waals surface area (Å²) < 4.78 is 7.44. The van der Waals surface area contributed by atoms with Gasteiger partial charge in [-0.3, -0.25) is 9.48 Å². The number of aromatic nitrogens is 2. The number of amides is 1. The van der Waals surface area contributed by atoms with Crippen LogP contribution in [0.2, 0.25) is 0 Å². The van der Waals surface area contributed by atoms with Crippen LogP contribution in [0.1, 0.15) is 27.2 Å². The molecule has 3 heterocycles. The Morgan fingerprint density at radius 3 is 2.55 bits per heavy atom. The molecule has 2 aliphatic heterocycles. The van der Waals surface area contributed by atoms with Gasteiger partial charge in [-0.1, -0.05) is 36.4 Å². The predicted molar refractivity (Wildman–Crippen MR) is 121 cm³/mol. The van der Waals surface area contributed by atoms with Crippen LogP contribution in [0.5, 0.6) is 0 Å². The van der Waals surface area contributed by atoms with E-state index in [1.165, 1.54) is 11.1 Å². The number of hydrogen-bond acceptors (Lipinski definition) is 4. The van der Waals surface area contributed by atoms with E-state index in [1.807, 2.05) is 34.8 Å². The highest BCUT2D eigenvalue weighted by Crippen LogP contribution is 2.31. The molecule has 0 aliphatic carbocycles. The van der Waals surface area contributed by atoms with Crippen molar-refractivity contribution in [2.75, 3.05) is 37.7 Å². The fourth-order valence-corrected chi connectivity index (χ4v) is 4.82. The van der Waals surface area contributed by atoms with E-state index in [0.717, 1.165) is 60.9 Å². The minimum absolute atomic E-state index is 0.0881. The third kappa shape index (κ3) is 3.61. The van der Waals surface area contributed by atoms with Crippen LogP contribution in [0.15, 0.2) is 48.5 Å². The Bertz CT molecular complexity index is 1100. The highest BCUT2D eigenvalue weighted by molar-refractivity contribution is 5.97. The van der Waals surface area contributed by atoms with Gasteiger partial charge in [0, 0.05) is 49.1 Å². The van der Waals surface area contributed by atoms with Crippen LogP contribution < -0.4 is 4.90 Å². The van der Waals surface area contributed by atoms with Gasteiger partial charge in [0.15, 0.2) is 0 Å². The Kier molecular flexibility index (Phi) is 5.24. The van der Waals surface area contributed by atoms with Gasteiger partial charge in [-0.15, -0.1) is 0 Å². The van der Waals surface area contributed by atoms with Gasteiger partial charge in [0.1, 0.15) is 0 Å². The molecule has 0 atom stereocenters. The largest absolute Gasteiger partial charge is 0.378 e. The molecule has 0 unspecified atom stereocenters. The van der Waals surface area contributed by atoms with Crippen LogP contribution in [0.3, 0.4) is 0 Å². The number of rotatable bonds is 3. The van der Waals surface area contributed by atoms with E-state index < -0.39 is 0 Å². The lowest BCUT2D eigenvalue weighted by atomic mass is 9.98. The molecular formula is C25H28N4O2. The fourth-order valence-electron chi connectivity index (χ4n) is 4.82. The van der Waals surface area contributed by atoms with Crippen molar-refractivity contribution in [2.45, 2.75) is 19.9 Å². The number of anilines is 1. The summed E-state index contributed by atoms with van der Waals surface area (Å²) in [4.78, 5) is 17.7. The Balaban J connectivity index is 1.41. The van der Waals surface area contributed by atoms with Crippen molar-refractivity contribution in [3.8, 4) is 11.3 Å². The summed E-state index contributed by atoms with van der Waals surface area (Å²) in [6, 6.07) is 16.4. The maximum atomic E-state index is 13.5. The highest BCUT2D eigenvalue weighted by Gasteiger charge is 2.28. The molecule has 0 spiro atoms. The summed E-state index contributed by atoms with van der Waals surface area (Å²) in [6.45, 7) is 6.51. The zero-order chi connectivity index (χ0) is 21.4. The zero-order valence-corrected chi connectivity index (χ0v) is 18.2. The summed E-state index contributed by atoms with van der Waals surface area (Å²) in [7, 11) is 1.99. The molecule has 1 amide bonds. The average Bonchev–Trinajstić information content (AvgIpc) is 3.14. The molecule has 1 saturated heterocycles. The Morgan fingerprint density at radius 1 is 1.00 bits per heavy atom. The van der Waals surface area contributed by atoms with Gasteiger partial charge in [-0.2, -0.15) is 5.10 Å². The van der Waals surface area contributed by atoms with Crippen LogP contribution in [-0.2, 0) is 24.8 Å². The number of ether oxygens (including phenoxy) is 1. The van der Waals surface area contributed by atoms with E-state index in [4.69, 9.17) is 9.84 Å². The molecule has 0 saturated carbocycles. The minimum Gasteiger partial charge on any atom is -0.378 e. The first-order valence-corrected chi connectivity index (χ1v) is 10.9. The molecule has 0 N–H and O–H groups in total. The monoisotopic (exact) mass is 416 g/mol. The molecule has 6 nitrogen and oxygen atoms in total. The molecule has 2 aromatic carbocycles. The van der Waals surface area contributed by atoms with Gasteiger partial charge in [0.2, 0.25) is 0 Å². The predicted octanol–water partition coefficient (Wildman–Crippen LogP) is 3.43. The first-order valence-electron chi connectivity index (χ1n) is 10.9. The lowest BCUT2D eigenvalue weighted by Crippen LogP contribution is -2.38. The number of fused-ring (bicyclic) bond motifs is 1. The van der Waals surface area contributed by atoms with E-state index in [0.29, 0.717) is 13.1 Å². The standard InChI is InChI=1S/C25H28N4O2/c1-18-20(9-6-10-23(18)28-13-15-31-16-14-28)25(30)29-12-11-21-22(17-29)26-27(2)24(21)19-7-4-3-5-8-19/h3-10H,11-17H2,1-2H3. The van der Waals surface area contributed by atoms with Gasteiger partial charge in [-0.25, -0.2) is 0 Å². The molecule has 3 aromatic rings. The first-order chi connectivity index (χ1) is 15.1. The second kappa shape index (κ2) is 8.19. The molecule has 1 fully saturated rings. The maximum absolute atomic E-state index is 13.5. The molecule has 1 aromatic heterocycles. The van der Waals surface area contributed by atoms with Crippen molar-refractivity contribution in [3.05, 3.63) is 70.9 Å². The smallest absolute Gasteiger partial charge is 0.254 e. The number of aryl methyl sites for hydroxylation is 1. The summed E-state index contributed by atoms with van der Waals surface area (Å²) >= 11 is 0. The fraction of sp³-hybridized carbons (Fsp3) is 0.360. The molecule has 160 valence electrons. The van der Waals surface area contributed by atoms with Gasteiger partial charge in [-0.05, 0) is 31.0 Å². The summed E-state index contributed by atoms with van der Waals surface area (Å²) in [5, 5.41) is 4.77. The number of nitrogens with zero attached hydrogens (tertiary/aromatic N) is 4. The van der Waals surface area contributed by atoms with Gasteiger partial charge >= 0.3 is 0 Å². The van der Waals surface area contributed by atoms with Crippen LogP contribution in [0, 0.1) is 6.92 Å². The SMILES string of the molecule is Cc1c(C(=O)N2CCc3c(nn(C)c3-c3ccccc3)C2)cccc1N1CCOCC1. The molecule has 5 rings (SSSR count). The molecule has 31 heavy (non-hydrogen) atoms. The third-order valence-corrected chi connectivity index (χ3v) is 6.42. The van der Waals surface area contributed by atoms with Crippen LogP contribution in [0.4, 0.5) is 5.69 Å². The topological polar surface area (TPSA) is 50.6 Å². The second-order valence-electron chi connectivity index (χ2n) is 8.29. The highest BCUT2D eigenvalue weighted by atomic mass is 16.5. The van der Waals surface area contributed by atoms with E-state index in [-0.39, 0.29) is 5.91 Å². The van der Waals surface area contributed by atoms with E-state index >= 15 is 0 Å². The quantitative estimate of drug-likeness (QED) is 0.656. The minimum atomic E-state index is 0.0881. The number of hydrogen-bond donors (Lipinski definition) is 0. The summed E-state index contributed by atoms with van der Waals surface area (Å²) in [6.07, 6.45) is 0.821. The second-order valence-corrected chi connectivity index (χ2v) is 8.29. The van der Waals surface area contributed by atoms with Crippen molar-refractivity contribution in [2.24, 2.45) is 7.05 Å². The van der Waals surface area contributed by atoms with Crippen molar-refractivity contribution < 1.29 is 9.53 Å². The zero-order valence-electron chi connectivity index (χ0n) is 18.2. The number of benzene rings is 2. The Morgan fingerprint density at radius 2 is 1.77 bits per heavy atom. The number of carbonyl (C=O) groups excluding carboxylic acids is 1. The molecular weight excluding hydrogens is 388 g/mol. The molecule has 0 radical (unpaired) electrons. The number of morpholine rings is 1. The summed E-state index contributed by atoms with van der Waals surface area (Å²) in [5.41, 5.74) is 7.56. The Hall–Kier alpha value is -3.12. The van der Waals surface area contributed by atoms with Crippen molar-refractivity contribution in [3.63, 3.8) is 0 Å². The molecule has 6 heteroatoms.